The number of aryl methyl sites for hydroxylation is 2. The zero-order valence-corrected chi connectivity index (χ0v) is 17.0. The van der Waals surface area contributed by atoms with Crippen molar-refractivity contribution in [3.8, 4) is 0 Å². The molecular formula is C20H20N6O4. The van der Waals surface area contributed by atoms with E-state index in [0.29, 0.717) is 11.4 Å². The zero-order chi connectivity index (χ0) is 21.6. The number of para-hydroxylation sites is 2. The van der Waals surface area contributed by atoms with Gasteiger partial charge in [-0.25, -0.2) is 14.3 Å². The van der Waals surface area contributed by atoms with E-state index >= 15 is 0 Å². The summed E-state index contributed by atoms with van der Waals surface area (Å²) in [6, 6.07) is 8.74. The summed E-state index contributed by atoms with van der Waals surface area (Å²) < 4.78 is 6.59. The number of amides is 2. The molecule has 0 radical (unpaired) electrons. The molecule has 3 aromatic rings. The Kier molecular flexibility index (Phi) is 4.49. The molecule has 0 spiro atoms. The first kappa shape index (κ1) is 19.5. The molecule has 1 aromatic carbocycles. The molecular weight excluding hydrogens is 388 g/mol. The van der Waals surface area contributed by atoms with E-state index in [1.165, 1.54) is 9.42 Å². The summed E-state index contributed by atoms with van der Waals surface area (Å²) in [4.78, 5) is 47.5. The van der Waals surface area contributed by atoms with Gasteiger partial charge in [0.1, 0.15) is 5.54 Å². The van der Waals surface area contributed by atoms with Gasteiger partial charge in [0, 0.05) is 11.4 Å². The molecule has 0 fully saturated rings. The predicted molar refractivity (Wildman–Crippen MR) is 107 cm³/mol. The van der Waals surface area contributed by atoms with Crippen molar-refractivity contribution >= 4 is 34.9 Å². The number of esters is 1. The lowest BCUT2D eigenvalue weighted by Gasteiger charge is -2.41. The first-order valence-corrected chi connectivity index (χ1v) is 9.30. The predicted octanol–water partition coefficient (Wildman–Crippen LogP) is 1.66. The van der Waals surface area contributed by atoms with Crippen LogP contribution in [0.4, 0.5) is 11.4 Å². The number of fused-ring (bicyclic) bond motifs is 2. The van der Waals surface area contributed by atoms with E-state index in [0.717, 1.165) is 11.4 Å². The monoisotopic (exact) mass is 408 g/mol. The second-order valence-corrected chi connectivity index (χ2v) is 7.52. The van der Waals surface area contributed by atoms with Crippen LogP contribution < -0.4 is 10.2 Å². The number of carbonyl (C=O) groups excluding carboxylic acids is 3. The van der Waals surface area contributed by atoms with E-state index in [2.05, 4.69) is 20.4 Å². The number of nitrogens with zero attached hydrogens (tertiary/aromatic N) is 5. The molecule has 30 heavy (non-hydrogen) atoms. The van der Waals surface area contributed by atoms with Gasteiger partial charge in [-0.2, -0.15) is 4.98 Å². The molecule has 1 aliphatic rings. The summed E-state index contributed by atoms with van der Waals surface area (Å²) >= 11 is 0. The van der Waals surface area contributed by atoms with Crippen LogP contribution >= 0.6 is 0 Å². The van der Waals surface area contributed by atoms with Gasteiger partial charge in [-0.3, -0.25) is 14.5 Å². The van der Waals surface area contributed by atoms with Gasteiger partial charge < -0.3 is 10.1 Å². The lowest BCUT2D eigenvalue weighted by Crippen LogP contribution is -2.59. The molecule has 0 saturated heterocycles. The smallest absolute Gasteiger partial charge is 0.378 e. The minimum atomic E-state index is -1.16. The van der Waals surface area contributed by atoms with E-state index in [-0.39, 0.29) is 17.5 Å². The molecule has 0 saturated carbocycles. The van der Waals surface area contributed by atoms with Crippen LogP contribution in [0.2, 0.25) is 0 Å². The lowest BCUT2D eigenvalue weighted by atomic mass is 9.96. The first-order valence-electron chi connectivity index (χ1n) is 9.30. The Morgan fingerprint density at radius 1 is 1.17 bits per heavy atom. The fraction of sp³-hybridized carbons (Fsp3) is 0.300. The quantitative estimate of drug-likeness (QED) is 0.655. The number of rotatable bonds is 3. The van der Waals surface area contributed by atoms with Gasteiger partial charge in [-0.15, -0.1) is 5.10 Å². The van der Waals surface area contributed by atoms with Crippen LogP contribution in [0.3, 0.4) is 0 Å². The standard InChI is InChI=1S/C20H20N6O4/c1-11-9-12(2)26-19(21-11)23-16(24-26)17(28)30-10-15(27)25-14-8-6-5-7-13(14)22-18(29)20(25,3)4/h5-9H,10H2,1-4H3,(H,22,29). The minimum Gasteiger partial charge on any atom is -0.450 e. The molecule has 1 aliphatic heterocycles. The Morgan fingerprint density at radius 2 is 1.90 bits per heavy atom. The molecule has 0 aliphatic carbocycles. The SMILES string of the molecule is Cc1cc(C)n2nc(C(=O)OCC(=O)N3c4ccccc4NC(=O)C3(C)C)nc2n1. The second-order valence-electron chi connectivity index (χ2n) is 7.52. The maximum atomic E-state index is 12.9. The molecule has 10 heteroatoms. The van der Waals surface area contributed by atoms with Gasteiger partial charge in [0.2, 0.25) is 5.91 Å². The fourth-order valence-corrected chi connectivity index (χ4v) is 3.41. The molecule has 10 nitrogen and oxygen atoms in total. The maximum Gasteiger partial charge on any atom is 0.378 e. The number of hydrogen-bond donors (Lipinski definition) is 1. The van der Waals surface area contributed by atoms with Gasteiger partial charge in [-0.05, 0) is 45.9 Å². The van der Waals surface area contributed by atoms with Gasteiger partial charge in [0.15, 0.2) is 6.61 Å². The number of anilines is 2. The number of ether oxygens (including phenoxy) is 1. The highest BCUT2D eigenvalue weighted by molar-refractivity contribution is 6.14. The summed E-state index contributed by atoms with van der Waals surface area (Å²) in [5, 5.41) is 6.88. The first-order chi connectivity index (χ1) is 14.2. The fourth-order valence-electron chi connectivity index (χ4n) is 3.41. The van der Waals surface area contributed by atoms with Crippen LogP contribution in [-0.2, 0) is 14.3 Å². The zero-order valence-electron chi connectivity index (χ0n) is 17.0. The summed E-state index contributed by atoms with van der Waals surface area (Å²) in [6.45, 7) is 6.31. The summed E-state index contributed by atoms with van der Waals surface area (Å²) in [7, 11) is 0. The van der Waals surface area contributed by atoms with Crippen LogP contribution in [-0.4, -0.2) is 49.5 Å². The number of nitrogens with one attached hydrogen (secondary N) is 1. The third-order valence-corrected chi connectivity index (χ3v) is 4.88. The van der Waals surface area contributed by atoms with Crippen molar-refractivity contribution in [3.63, 3.8) is 0 Å². The summed E-state index contributed by atoms with van der Waals surface area (Å²) in [5.74, 6) is -1.64. The largest absolute Gasteiger partial charge is 0.450 e. The molecule has 1 N–H and O–H groups in total. The van der Waals surface area contributed by atoms with Crippen molar-refractivity contribution in [1.29, 1.82) is 0 Å². The van der Waals surface area contributed by atoms with Crippen LogP contribution in [0, 0.1) is 13.8 Å². The van der Waals surface area contributed by atoms with E-state index in [1.54, 1.807) is 44.2 Å². The third kappa shape index (κ3) is 3.15. The van der Waals surface area contributed by atoms with Gasteiger partial charge in [-0.1, -0.05) is 12.1 Å². The van der Waals surface area contributed by atoms with E-state index in [4.69, 9.17) is 4.74 Å². The van der Waals surface area contributed by atoms with Crippen molar-refractivity contribution in [1.82, 2.24) is 19.6 Å². The van der Waals surface area contributed by atoms with Crippen molar-refractivity contribution in [2.75, 3.05) is 16.8 Å². The Morgan fingerprint density at radius 3 is 2.67 bits per heavy atom. The van der Waals surface area contributed by atoms with Crippen molar-refractivity contribution in [2.45, 2.75) is 33.2 Å². The summed E-state index contributed by atoms with van der Waals surface area (Å²) in [5.41, 5.74) is 1.40. The molecule has 0 unspecified atom stereocenters. The number of carbonyl (C=O) groups is 3. The van der Waals surface area contributed by atoms with E-state index in [1.807, 2.05) is 13.8 Å². The highest BCUT2D eigenvalue weighted by Gasteiger charge is 2.43. The Labute approximate surface area is 171 Å². The van der Waals surface area contributed by atoms with Gasteiger partial charge in [0.05, 0.1) is 11.4 Å². The molecule has 2 aromatic heterocycles. The summed E-state index contributed by atoms with van der Waals surface area (Å²) in [6.07, 6.45) is 0. The highest BCUT2D eigenvalue weighted by Crippen LogP contribution is 2.36. The Balaban J connectivity index is 1.55. The van der Waals surface area contributed by atoms with Crippen LogP contribution in [0.5, 0.6) is 0 Å². The van der Waals surface area contributed by atoms with Crippen LogP contribution in [0.15, 0.2) is 30.3 Å². The van der Waals surface area contributed by atoms with Crippen LogP contribution in [0.1, 0.15) is 35.9 Å². The highest BCUT2D eigenvalue weighted by atomic mass is 16.5. The van der Waals surface area contributed by atoms with Crippen LogP contribution in [0.25, 0.3) is 5.78 Å². The average molecular weight is 408 g/mol. The second kappa shape index (κ2) is 6.90. The average Bonchev–Trinajstić information content (AvgIpc) is 3.11. The third-order valence-electron chi connectivity index (χ3n) is 4.88. The number of aromatic nitrogens is 4. The number of hydrogen-bond acceptors (Lipinski definition) is 7. The van der Waals surface area contributed by atoms with Crippen molar-refractivity contribution in [2.24, 2.45) is 0 Å². The molecule has 3 heterocycles. The number of benzene rings is 1. The van der Waals surface area contributed by atoms with Crippen molar-refractivity contribution < 1.29 is 19.1 Å². The Bertz CT molecular complexity index is 1200. The topological polar surface area (TPSA) is 119 Å². The van der Waals surface area contributed by atoms with Crippen molar-refractivity contribution in [3.05, 3.63) is 47.5 Å². The molecule has 0 bridgehead atoms. The molecule has 4 rings (SSSR count). The van der Waals surface area contributed by atoms with E-state index < -0.39 is 24.0 Å². The maximum absolute atomic E-state index is 12.9. The van der Waals surface area contributed by atoms with Gasteiger partial charge in [0.25, 0.3) is 17.5 Å². The molecule has 0 atom stereocenters. The molecule has 2 amide bonds. The van der Waals surface area contributed by atoms with E-state index in [9.17, 15) is 14.4 Å². The molecule has 154 valence electrons. The normalized spacial score (nSPS) is 14.9. The lowest BCUT2D eigenvalue weighted by molar-refractivity contribution is -0.128. The van der Waals surface area contributed by atoms with Gasteiger partial charge >= 0.3 is 5.97 Å². The Hall–Kier alpha value is -3.82. The minimum absolute atomic E-state index is 0.194.